The van der Waals surface area contributed by atoms with Crippen LogP contribution in [0.4, 0.5) is 9.52 Å². The van der Waals surface area contributed by atoms with Gasteiger partial charge in [-0.05, 0) is 13.0 Å². The van der Waals surface area contributed by atoms with Gasteiger partial charge in [-0.25, -0.2) is 27.8 Å². The van der Waals surface area contributed by atoms with Gasteiger partial charge in [-0.2, -0.15) is 9.41 Å². The van der Waals surface area contributed by atoms with Crippen LogP contribution in [0.1, 0.15) is 13.8 Å². The lowest BCUT2D eigenvalue weighted by Crippen LogP contribution is -2.48. The molecule has 0 aliphatic carbocycles. The lowest BCUT2D eigenvalue weighted by molar-refractivity contribution is -0.114. The zero-order valence-corrected chi connectivity index (χ0v) is 20.6. The van der Waals surface area contributed by atoms with E-state index in [1.807, 2.05) is 0 Å². The van der Waals surface area contributed by atoms with Gasteiger partial charge in [0, 0.05) is 26.2 Å². The summed E-state index contributed by atoms with van der Waals surface area (Å²) in [4.78, 5) is 19.3. The van der Waals surface area contributed by atoms with Gasteiger partial charge in [-0.15, -0.1) is 9.24 Å². The standard InChI is InChI=1S/C17H23BFN6O4PS2/c1-4-21-25-10(2)22-14(17(18,19)30)7-12(25)13-9-24(5-6-29-13)32(27,28)15-8-20-16(31-15)23-11(3)26/h4,7-8,13H,2,5-6,9,18,30H2,1,3H3,(H,20,23,26)/b21-4-. The third kappa shape index (κ3) is 5.32. The van der Waals surface area contributed by atoms with E-state index < -0.39 is 21.4 Å². The van der Waals surface area contributed by atoms with Crippen molar-refractivity contribution in [3.8, 4) is 0 Å². The zero-order chi connectivity index (χ0) is 23.7. The highest BCUT2D eigenvalue weighted by atomic mass is 32.2. The number of halogens is 1. The fourth-order valence-electron chi connectivity index (χ4n) is 3.03. The second-order valence-corrected chi connectivity index (χ2v) is 11.4. The van der Waals surface area contributed by atoms with E-state index in [0.717, 1.165) is 11.3 Å². The summed E-state index contributed by atoms with van der Waals surface area (Å²) < 4.78 is 48.0. The SMILES string of the molecule is BC(F)(P)C1=NC(=C)N(/N=C\C)C(C2CN(S(=O)(=O)c3cnc(NC(C)=O)s3)CCO2)=C1. The number of aromatic nitrogens is 1. The Morgan fingerprint density at radius 1 is 1.59 bits per heavy atom. The third-order valence-corrected chi connectivity index (χ3v) is 7.99. The largest absolute Gasteiger partial charge is 0.369 e. The highest BCUT2D eigenvalue weighted by Gasteiger charge is 2.38. The minimum Gasteiger partial charge on any atom is -0.369 e. The molecular formula is C17H23BFN6O4PS2. The van der Waals surface area contributed by atoms with E-state index in [4.69, 9.17) is 4.74 Å². The van der Waals surface area contributed by atoms with Crippen LogP contribution < -0.4 is 5.32 Å². The Morgan fingerprint density at radius 3 is 2.94 bits per heavy atom. The number of nitrogens with zero attached hydrogens (tertiary/aromatic N) is 5. The fraction of sp³-hybridized carbons (Fsp3) is 0.412. The third-order valence-electron chi connectivity index (χ3n) is 4.48. The number of morpholine rings is 1. The maximum Gasteiger partial charge on any atom is 0.254 e. The van der Waals surface area contributed by atoms with Crippen LogP contribution >= 0.6 is 20.6 Å². The number of alkyl halides is 1. The number of nitrogens with one attached hydrogen (secondary N) is 1. The van der Waals surface area contributed by atoms with Gasteiger partial charge in [0.15, 0.2) is 17.2 Å². The van der Waals surface area contributed by atoms with Crippen molar-refractivity contribution in [1.29, 1.82) is 0 Å². The van der Waals surface area contributed by atoms with Crippen molar-refractivity contribution >= 4 is 61.4 Å². The molecule has 3 rings (SSSR count). The van der Waals surface area contributed by atoms with Crippen LogP contribution in [0.5, 0.6) is 0 Å². The molecule has 10 nitrogen and oxygen atoms in total. The number of rotatable bonds is 6. The molecule has 15 heteroatoms. The molecule has 0 bridgehead atoms. The van der Waals surface area contributed by atoms with Crippen LogP contribution in [0.2, 0.25) is 0 Å². The van der Waals surface area contributed by atoms with E-state index >= 15 is 0 Å². The van der Waals surface area contributed by atoms with Gasteiger partial charge in [-0.1, -0.05) is 17.9 Å². The molecule has 1 fully saturated rings. The normalized spacial score (nSPS) is 22.4. The molecule has 1 aromatic heterocycles. The molecular weight excluding hydrogens is 477 g/mol. The Morgan fingerprint density at radius 2 is 2.31 bits per heavy atom. The van der Waals surface area contributed by atoms with E-state index in [2.05, 4.69) is 36.2 Å². The number of aliphatic imine (C=N–C) groups is 1. The number of amides is 1. The van der Waals surface area contributed by atoms with Crippen molar-refractivity contribution in [2.24, 2.45) is 10.1 Å². The first-order valence-corrected chi connectivity index (χ1v) is 12.4. The van der Waals surface area contributed by atoms with E-state index in [9.17, 15) is 17.6 Å². The van der Waals surface area contributed by atoms with Gasteiger partial charge in [0.05, 0.1) is 24.2 Å². The molecule has 3 heterocycles. The second-order valence-electron chi connectivity index (χ2n) is 7.13. The topological polar surface area (TPSA) is 117 Å². The van der Waals surface area contributed by atoms with Gasteiger partial charge >= 0.3 is 0 Å². The van der Waals surface area contributed by atoms with Crippen molar-refractivity contribution in [1.82, 2.24) is 14.3 Å². The molecule has 32 heavy (non-hydrogen) atoms. The first-order chi connectivity index (χ1) is 14.9. The highest BCUT2D eigenvalue weighted by Crippen LogP contribution is 2.32. The Hall–Kier alpha value is -1.99. The van der Waals surface area contributed by atoms with E-state index in [1.54, 1.807) is 6.92 Å². The average Bonchev–Trinajstić information content (AvgIpc) is 3.17. The van der Waals surface area contributed by atoms with Crippen molar-refractivity contribution in [2.45, 2.75) is 29.5 Å². The number of allylic oxidation sites excluding steroid dienone is 1. The molecule has 0 saturated carbocycles. The maximum absolute atomic E-state index is 14.6. The predicted octanol–water partition coefficient (Wildman–Crippen LogP) is 0.740. The number of thiazole rings is 1. The minimum absolute atomic E-state index is 0.00379. The average molecular weight is 500 g/mol. The van der Waals surface area contributed by atoms with Crippen LogP contribution in [-0.4, -0.2) is 79.5 Å². The number of anilines is 1. The van der Waals surface area contributed by atoms with E-state index in [1.165, 1.54) is 42.6 Å². The van der Waals surface area contributed by atoms with Crippen molar-refractivity contribution in [3.63, 3.8) is 0 Å². The van der Waals surface area contributed by atoms with Gasteiger partial charge in [0.25, 0.3) is 10.0 Å². The summed E-state index contributed by atoms with van der Waals surface area (Å²) in [6, 6.07) is 0. The quantitative estimate of drug-likeness (QED) is 0.350. The van der Waals surface area contributed by atoms with Gasteiger partial charge in [-0.3, -0.25) is 4.79 Å². The van der Waals surface area contributed by atoms with Crippen molar-refractivity contribution in [2.75, 3.05) is 25.0 Å². The number of carbonyl (C=O) groups is 1. The van der Waals surface area contributed by atoms with Crippen LogP contribution in [0.15, 0.2) is 44.7 Å². The van der Waals surface area contributed by atoms with Gasteiger partial charge in [0.1, 0.15) is 17.2 Å². The summed E-state index contributed by atoms with van der Waals surface area (Å²) in [5.41, 5.74) is 0.531. The summed E-state index contributed by atoms with van der Waals surface area (Å²) >= 11 is 0.864. The molecule has 1 amide bonds. The lowest BCUT2D eigenvalue weighted by atomic mass is 9.93. The fourth-order valence-corrected chi connectivity index (χ4v) is 5.84. The van der Waals surface area contributed by atoms with Gasteiger partial charge < -0.3 is 10.1 Å². The number of hydrogen-bond donors (Lipinski definition) is 1. The van der Waals surface area contributed by atoms with Crippen LogP contribution in [0.3, 0.4) is 0 Å². The Balaban J connectivity index is 1.90. The molecule has 0 spiro atoms. The Kier molecular flexibility index (Phi) is 7.30. The second kappa shape index (κ2) is 9.48. The maximum atomic E-state index is 14.6. The summed E-state index contributed by atoms with van der Waals surface area (Å²) in [7, 11) is -0.477. The molecule has 0 aromatic carbocycles. The number of carbonyl (C=O) groups excluding carboxylic acids is 1. The smallest absolute Gasteiger partial charge is 0.254 e. The molecule has 3 unspecified atom stereocenters. The summed E-state index contributed by atoms with van der Waals surface area (Å²) in [5, 5.41) is 6.47. The molecule has 0 radical (unpaired) electrons. The number of sulfonamides is 1. The van der Waals surface area contributed by atoms with Gasteiger partial charge in [0.2, 0.25) is 5.91 Å². The Labute approximate surface area is 193 Å². The zero-order valence-electron chi connectivity index (χ0n) is 17.8. The number of ether oxygens (including phenoxy) is 1. The molecule has 1 N–H and O–H groups in total. The molecule has 2 aliphatic rings. The van der Waals surface area contributed by atoms with Crippen molar-refractivity contribution < 1.29 is 22.3 Å². The highest BCUT2D eigenvalue weighted by molar-refractivity contribution is 7.91. The molecule has 3 atom stereocenters. The lowest BCUT2D eigenvalue weighted by Gasteiger charge is -2.37. The van der Waals surface area contributed by atoms with Crippen LogP contribution in [-0.2, 0) is 19.6 Å². The predicted molar refractivity (Wildman–Crippen MR) is 128 cm³/mol. The van der Waals surface area contributed by atoms with Crippen LogP contribution in [0.25, 0.3) is 0 Å². The van der Waals surface area contributed by atoms with Crippen LogP contribution in [0, 0.1) is 0 Å². The molecule has 2 aliphatic heterocycles. The molecule has 1 saturated heterocycles. The first kappa shape index (κ1) is 24.7. The summed E-state index contributed by atoms with van der Waals surface area (Å²) in [6.45, 7) is 7.08. The Bertz CT molecular complexity index is 1110. The number of hydrogen-bond acceptors (Lipinski definition) is 9. The first-order valence-electron chi connectivity index (χ1n) is 9.55. The molecule has 1 aromatic rings. The molecule has 172 valence electrons. The number of hydrazone groups is 1. The summed E-state index contributed by atoms with van der Waals surface area (Å²) in [6.07, 6.45) is 3.49. The van der Waals surface area contributed by atoms with E-state index in [-0.39, 0.29) is 46.5 Å². The van der Waals surface area contributed by atoms with Crippen molar-refractivity contribution in [3.05, 3.63) is 30.4 Å². The minimum atomic E-state index is -3.89. The summed E-state index contributed by atoms with van der Waals surface area (Å²) in [5.74, 6) is -0.157. The van der Waals surface area contributed by atoms with E-state index in [0.29, 0.717) is 5.70 Å². The monoisotopic (exact) mass is 500 g/mol.